The van der Waals surface area contributed by atoms with Gasteiger partial charge in [-0.25, -0.2) is 4.90 Å². The van der Waals surface area contributed by atoms with Crippen LogP contribution in [-0.2, 0) is 9.59 Å². The summed E-state index contributed by atoms with van der Waals surface area (Å²) in [6, 6.07) is 26.9. The maximum absolute atomic E-state index is 13.8. The number of carbonyl (C=O) groups excluding carboxylic acids is 2. The molecule has 0 bridgehead atoms. The molecule has 0 aliphatic carbocycles. The highest BCUT2D eigenvalue weighted by atomic mass is 16.5. The van der Waals surface area contributed by atoms with Crippen LogP contribution in [0.2, 0.25) is 0 Å². The lowest BCUT2D eigenvalue weighted by Crippen LogP contribution is -2.33. The van der Waals surface area contributed by atoms with Crippen molar-refractivity contribution in [2.75, 3.05) is 16.8 Å². The number of benzene rings is 4. The summed E-state index contributed by atoms with van der Waals surface area (Å²) in [5, 5.41) is 5.34. The quantitative estimate of drug-likeness (QED) is 0.344. The first-order valence-electron chi connectivity index (χ1n) is 11.7. The fourth-order valence-corrected chi connectivity index (χ4v) is 4.45. The van der Waals surface area contributed by atoms with Crippen LogP contribution in [0.25, 0.3) is 16.3 Å². The van der Waals surface area contributed by atoms with Crippen molar-refractivity contribution in [1.82, 2.24) is 0 Å². The van der Waals surface area contributed by atoms with Gasteiger partial charge in [-0.15, -0.1) is 0 Å². The molecule has 1 N–H and O–H groups in total. The average molecular weight is 463 g/mol. The third-order valence-electron chi connectivity index (χ3n) is 6.19. The molecule has 1 heterocycles. The first kappa shape index (κ1) is 22.4. The fourth-order valence-electron chi connectivity index (χ4n) is 4.45. The number of aryl methyl sites for hydroxylation is 2. The van der Waals surface area contributed by atoms with Gasteiger partial charge in [-0.05, 0) is 67.1 Å². The van der Waals surface area contributed by atoms with E-state index in [9.17, 15) is 9.59 Å². The molecule has 0 fully saturated rings. The van der Waals surface area contributed by atoms with Crippen LogP contribution in [0.4, 0.5) is 11.4 Å². The van der Waals surface area contributed by atoms with Crippen molar-refractivity contribution in [3.8, 4) is 5.75 Å². The van der Waals surface area contributed by atoms with Gasteiger partial charge in [0, 0.05) is 11.1 Å². The molecule has 1 aliphatic heterocycles. The highest BCUT2D eigenvalue weighted by Gasteiger charge is 2.41. The Labute approximate surface area is 204 Å². The Kier molecular flexibility index (Phi) is 5.83. The summed E-state index contributed by atoms with van der Waals surface area (Å²) < 4.78 is 5.57. The number of hydrogen-bond acceptors (Lipinski definition) is 4. The minimum atomic E-state index is -0.375. The Morgan fingerprint density at radius 3 is 2.34 bits per heavy atom. The van der Waals surface area contributed by atoms with Crippen LogP contribution in [0.5, 0.6) is 5.75 Å². The Balaban J connectivity index is 1.65. The first-order chi connectivity index (χ1) is 17.0. The van der Waals surface area contributed by atoms with E-state index in [-0.39, 0.29) is 17.5 Å². The predicted molar refractivity (Wildman–Crippen MR) is 141 cm³/mol. The molecule has 2 amide bonds. The molecule has 0 saturated carbocycles. The number of nitrogens with one attached hydrogen (secondary N) is 1. The number of anilines is 2. The van der Waals surface area contributed by atoms with Gasteiger partial charge in [-0.1, -0.05) is 60.7 Å². The summed E-state index contributed by atoms with van der Waals surface area (Å²) in [4.78, 5) is 28.9. The monoisotopic (exact) mass is 462 g/mol. The number of fused-ring (bicyclic) bond motifs is 1. The SMILES string of the molecule is CCOc1ccc(C2=C(Nc3cccc4ccccc34)C(=O)N(c3cc(C)ccc3C)C2=O)cc1. The van der Waals surface area contributed by atoms with Crippen molar-refractivity contribution in [2.24, 2.45) is 0 Å². The molecule has 0 radical (unpaired) electrons. The Bertz CT molecular complexity index is 1480. The molecular weight excluding hydrogens is 436 g/mol. The lowest BCUT2D eigenvalue weighted by Gasteiger charge is -2.18. The molecule has 0 aromatic heterocycles. The van der Waals surface area contributed by atoms with Gasteiger partial charge < -0.3 is 10.1 Å². The zero-order valence-electron chi connectivity index (χ0n) is 20.0. The smallest absolute Gasteiger partial charge is 0.282 e. The van der Waals surface area contributed by atoms with Gasteiger partial charge in [0.15, 0.2) is 0 Å². The number of rotatable bonds is 6. The van der Waals surface area contributed by atoms with Crippen molar-refractivity contribution >= 4 is 39.5 Å². The van der Waals surface area contributed by atoms with Gasteiger partial charge in [0.2, 0.25) is 0 Å². The normalized spacial score (nSPS) is 13.6. The molecule has 0 saturated heterocycles. The van der Waals surface area contributed by atoms with E-state index in [0.717, 1.165) is 27.6 Å². The minimum absolute atomic E-state index is 0.261. The van der Waals surface area contributed by atoms with Crippen LogP contribution in [0, 0.1) is 13.8 Å². The molecule has 0 spiro atoms. The number of amides is 2. The van der Waals surface area contributed by atoms with Gasteiger partial charge in [0.05, 0.1) is 17.9 Å². The summed E-state index contributed by atoms with van der Waals surface area (Å²) in [7, 11) is 0. The van der Waals surface area contributed by atoms with Crippen LogP contribution in [-0.4, -0.2) is 18.4 Å². The van der Waals surface area contributed by atoms with E-state index in [0.29, 0.717) is 29.2 Å². The van der Waals surface area contributed by atoms with Gasteiger partial charge in [0.1, 0.15) is 11.4 Å². The molecule has 0 atom stereocenters. The summed E-state index contributed by atoms with van der Waals surface area (Å²) >= 11 is 0. The molecule has 4 aromatic rings. The number of imide groups is 1. The number of hydrogen-bond donors (Lipinski definition) is 1. The zero-order valence-corrected chi connectivity index (χ0v) is 20.0. The third-order valence-corrected chi connectivity index (χ3v) is 6.19. The maximum atomic E-state index is 13.8. The second kappa shape index (κ2) is 9.11. The maximum Gasteiger partial charge on any atom is 0.282 e. The van der Waals surface area contributed by atoms with E-state index in [1.54, 1.807) is 0 Å². The molecule has 0 unspecified atom stereocenters. The van der Waals surface area contributed by atoms with Crippen molar-refractivity contribution < 1.29 is 14.3 Å². The molecule has 5 nitrogen and oxygen atoms in total. The Hall–Kier alpha value is -4.38. The van der Waals surface area contributed by atoms with Crippen molar-refractivity contribution in [3.05, 3.63) is 107 Å². The van der Waals surface area contributed by atoms with Crippen molar-refractivity contribution in [1.29, 1.82) is 0 Å². The average Bonchev–Trinajstić information content (AvgIpc) is 3.10. The number of nitrogens with zero attached hydrogens (tertiary/aromatic N) is 1. The Morgan fingerprint density at radius 2 is 1.57 bits per heavy atom. The molecule has 174 valence electrons. The highest BCUT2D eigenvalue weighted by molar-refractivity contribution is 6.46. The van der Waals surface area contributed by atoms with E-state index >= 15 is 0 Å². The zero-order chi connectivity index (χ0) is 24.5. The summed E-state index contributed by atoms with van der Waals surface area (Å²) in [6.45, 7) is 6.32. The van der Waals surface area contributed by atoms with Crippen LogP contribution in [0.3, 0.4) is 0 Å². The minimum Gasteiger partial charge on any atom is -0.494 e. The summed E-state index contributed by atoms with van der Waals surface area (Å²) in [5.41, 5.74) is 4.45. The topological polar surface area (TPSA) is 58.6 Å². The molecule has 5 heteroatoms. The van der Waals surface area contributed by atoms with Gasteiger partial charge >= 0.3 is 0 Å². The van der Waals surface area contributed by atoms with Crippen molar-refractivity contribution in [3.63, 3.8) is 0 Å². The Morgan fingerprint density at radius 1 is 0.829 bits per heavy atom. The largest absolute Gasteiger partial charge is 0.494 e. The summed E-state index contributed by atoms with van der Waals surface area (Å²) in [6.07, 6.45) is 0. The van der Waals surface area contributed by atoms with Crippen LogP contribution >= 0.6 is 0 Å². The van der Waals surface area contributed by atoms with Gasteiger partial charge in [-0.2, -0.15) is 0 Å². The van der Waals surface area contributed by atoms with E-state index < -0.39 is 0 Å². The van der Waals surface area contributed by atoms with Crippen LogP contribution in [0.15, 0.2) is 90.6 Å². The molecule has 35 heavy (non-hydrogen) atoms. The number of ether oxygens (including phenoxy) is 1. The first-order valence-corrected chi connectivity index (χ1v) is 11.7. The van der Waals surface area contributed by atoms with E-state index in [1.807, 2.05) is 106 Å². The summed E-state index contributed by atoms with van der Waals surface area (Å²) in [5.74, 6) is -0.0142. The molecule has 4 aromatic carbocycles. The second-order valence-electron chi connectivity index (χ2n) is 8.59. The van der Waals surface area contributed by atoms with E-state index in [4.69, 9.17) is 4.74 Å². The van der Waals surface area contributed by atoms with Gasteiger partial charge in [0.25, 0.3) is 11.8 Å². The van der Waals surface area contributed by atoms with Crippen LogP contribution in [0.1, 0.15) is 23.6 Å². The predicted octanol–water partition coefficient (Wildman–Crippen LogP) is 6.25. The lowest BCUT2D eigenvalue weighted by molar-refractivity contribution is -0.120. The molecular formula is C30H26N2O3. The standard InChI is InChI=1S/C30H26N2O3/c1-4-35-23-16-14-22(15-17-23)27-28(31-25-11-7-9-21-8-5-6-10-24(21)25)30(34)32(29(27)33)26-18-19(2)12-13-20(26)3/h5-18,31H,4H2,1-3H3. The fraction of sp³-hybridized carbons (Fsp3) is 0.133. The van der Waals surface area contributed by atoms with E-state index in [1.165, 1.54) is 4.90 Å². The molecule has 1 aliphatic rings. The van der Waals surface area contributed by atoms with E-state index in [2.05, 4.69) is 5.32 Å². The van der Waals surface area contributed by atoms with Gasteiger partial charge in [-0.3, -0.25) is 9.59 Å². The highest BCUT2D eigenvalue weighted by Crippen LogP contribution is 2.37. The van der Waals surface area contributed by atoms with Crippen LogP contribution < -0.4 is 15.0 Å². The lowest BCUT2D eigenvalue weighted by atomic mass is 10.0. The number of carbonyl (C=O) groups is 2. The molecule has 5 rings (SSSR count). The van der Waals surface area contributed by atoms with Crippen molar-refractivity contribution in [2.45, 2.75) is 20.8 Å². The third kappa shape index (κ3) is 4.06. The second-order valence-corrected chi connectivity index (χ2v) is 8.59.